The number of nitrogens with one attached hydrogen (secondary N) is 2. The Morgan fingerprint density at radius 2 is 1.86 bits per heavy atom. The lowest BCUT2D eigenvalue weighted by molar-refractivity contribution is -0.133. The number of hydrogen-bond donors (Lipinski definition) is 3. The van der Waals surface area contributed by atoms with Gasteiger partial charge in [-0.25, -0.2) is 9.78 Å². The molecule has 3 saturated carbocycles. The van der Waals surface area contributed by atoms with Crippen LogP contribution in [0.3, 0.4) is 0 Å². The summed E-state index contributed by atoms with van der Waals surface area (Å²) < 4.78 is 2.15. The number of hydrogen-bond acceptors (Lipinski definition) is 4. The number of rotatable bonds is 5. The van der Waals surface area contributed by atoms with Gasteiger partial charge >= 0.3 is 6.03 Å². The number of benzene rings is 2. The van der Waals surface area contributed by atoms with E-state index in [0.29, 0.717) is 23.6 Å². The lowest BCUT2D eigenvalue weighted by Crippen LogP contribution is -2.65. The summed E-state index contributed by atoms with van der Waals surface area (Å²) in [5.74, 6) is 0.869. The average Bonchev–Trinajstić information content (AvgIpc) is 3.43. The van der Waals surface area contributed by atoms with Gasteiger partial charge in [0.05, 0.1) is 24.3 Å². The van der Waals surface area contributed by atoms with Crippen LogP contribution >= 0.6 is 0 Å². The average molecular weight is 466 g/mol. The van der Waals surface area contributed by atoms with E-state index in [4.69, 9.17) is 5.73 Å². The summed E-state index contributed by atoms with van der Waals surface area (Å²) in [7, 11) is 0. The third kappa shape index (κ3) is 3.07. The fourth-order valence-corrected chi connectivity index (χ4v) is 7.09. The lowest BCUT2D eigenvalue weighted by atomic mass is 9.44. The number of urea groups is 1. The molecule has 7 nitrogen and oxygen atoms in total. The molecule has 2 aromatic carbocycles. The smallest absolute Gasteiger partial charge is 0.319 e. The molecular weight excluding hydrogens is 438 g/mol. The molecule has 5 aliphatic carbocycles. The van der Waals surface area contributed by atoms with E-state index in [-0.39, 0.29) is 35.4 Å². The summed E-state index contributed by atoms with van der Waals surface area (Å²) in [4.78, 5) is 30.7. The van der Waals surface area contributed by atoms with Gasteiger partial charge in [0.2, 0.25) is 0 Å². The Labute approximate surface area is 203 Å². The second-order valence-electron chi connectivity index (χ2n) is 10.5. The molecule has 35 heavy (non-hydrogen) atoms. The van der Waals surface area contributed by atoms with Crippen LogP contribution in [0.4, 0.5) is 16.2 Å². The van der Waals surface area contributed by atoms with E-state index in [1.165, 1.54) is 16.7 Å². The summed E-state index contributed by atoms with van der Waals surface area (Å²) in [6, 6.07) is 15.3. The topological polar surface area (TPSA) is 102 Å². The number of nitrogens with zero attached hydrogens (tertiary/aromatic N) is 2. The van der Waals surface area contributed by atoms with Crippen LogP contribution in [0.2, 0.25) is 0 Å². The molecule has 2 amide bonds. The molecule has 3 atom stereocenters. The highest BCUT2D eigenvalue weighted by Crippen LogP contribution is 2.63. The van der Waals surface area contributed by atoms with Crippen LogP contribution < -0.4 is 16.4 Å². The molecular formula is C28H27N5O2. The Bertz CT molecular complexity index is 1370. The van der Waals surface area contributed by atoms with Gasteiger partial charge in [-0.2, -0.15) is 0 Å². The van der Waals surface area contributed by atoms with Crippen molar-refractivity contribution in [2.75, 3.05) is 11.1 Å². The third-order valence-corrected chi connectivity index (χ3v) is 8.58. The number of allylic oxidation sites excluding steroid dienone is 1. The van der Waals surface area contributed by atoms with Crippen LogP contribution in [0.25, 0.3) is 11.3 Å². The van der Waals surface area contributed by atoms with Crippen LogP contribution in [0.5, 0.6) is 0 Å². The van der Waals surface area contributed by atoms with E-state index in [0.717, 1.165) is 25.0 Å². The standard InChI is InChI=1S/C28H27N5O2/c29-16-5-7-17(8-6-16)31-27(35)32-28-10-9-18-21(12-28)26(22(18)13-28)25(34)11-23-19-3-1-2-4-20(19)24-14-30-15-33(23)24/h1-9,14-15,21-23,26H,10-13,29H2,(H2,31,32,35). The van der Waals surface area contributed by atoms with E-state index in [1.54, 1.807) is 24.3 Å². The summed E-state index contributed by atoms with van der Waals surface area (Å²) in [6.45, 7) is 0. The summed E-state index contributed by atoms with van der Waals surface area (Å²) in [6.07, 6.45) is 8.99. The van der Waals surface area contributed by atoms with Crippen molar-refractivity contribution in [1.82, 2.24) is 14.9 Å². The predicted molar refractivity (Wildman–Crippen MR) is 134 cm³/mol. The molecule has 3 aromatic rings. The van der Waals surface area contributed by atoms with Gasteiger partial charge in [0.15, 0.2) is 0 Å². The maximum atomic E-state index is 13.6. The lowest BCUT2D eigenvalue weighted by Gasteiger charge is -2.62. The Kier molecular flexibility index (Phi) is 4.28. The van der Waals surface area contributed by atoms with Crippen molar-refractivity contribution in [3.63, 3.8) is 0 Å². The van der Waals surface area contributed by atoms with Crippen molar-refractivity contribution in [3.8, 4) is 11.3 Å². The summed E-state index contributed by atoms with van der Waals surface area (Å²) in [5, 5.41) is 6.17. The van der Waals surface area contributed by atoms with Gasteiger partial charge in [0.25, 0.3) is 0 Å². The minimum Gasteiger partial charge on any atom is -0.399 e. The van der Waals surface area contributed by atoms with Gasteiger partial charge in [0.1, 0.15) is 5.78 Å². The third-order valence-electron chi connectivity index (χ3n) is 8.58. The molecule has 3 unspecified atom stereocenters. The maximum Gasteiger partial charge on any atom is 0.319 e. The molecule has 176 valence electrons. The van der Waals surface area contributed by atoms with Crippen LogP contribution in [-0.2, 0) is 4.79 Å². The van der Waals surface area contributed by atoms with Gasteiger partial charge in [-0.1, -0.05) is 35.9 Å². The number of ketones is 1. The van der Waals surface area contributed by atoms with E-state index < -0.39 is 0 Å². The molecule has 9 rings (SSSR count). The SMILES string of the molecule is Nc1ccc(NC(=O)NC23CC=C4C(C2)C(C(=O)CC2c5ccccc5-c5cncn52)C4C3)cc1. The van der Waals surface area contributed by atoms with Crippen LogP contribution in [0.15, 0.2) is 72.7 Å². The second kappa shape index (κ2) is 7.31. The van der Waals surface area contributed by atoms with Crippen molar-refractivity contribution < 1.29 is 9.59 Å². The minimum atomic E-state index is -0.275. The van der Waals surface area contributed by atoms with Gasteiger partial charge in [-0.15, -0.1) is 0 Å². The molecule has 0 radical (unpaired) electrons. The van der Waals surface area contributed by atoms with E-state index >= 15 is 0 Å². The number of nitrogen functional groups attached to an aromatic ring is 1. The second-order valence-corrected chi connectivity index (χ2v) is 10.5. The van der Waals surface area contributed by atoms with E-state index in [2.05, 4.69) is 38.4 Å². The highest BCUT2D eigenvalue weighted by atomic mass is 16.2. The van der Waals surface area contributed by atoms with E-state index in [9.17, 15) is 9.59 Å². The molecule has 0 spiro atoms. The van der Waals surface area contributed by atoms with Gasteiger partial charge < -0.3 is 20.9 Å². The zero-order valence-corrected chi connectivity index (χ0v) is 19.3. The maximum absolute atomic E-state index is 13.6. The Morgan fingerprint density at radius 3 is 2.66 bits per heavy atom. The number of imidazole rings is 1. The normalized spacial score (nSPS) is 29.0. The Morgan fingerprint density at radius 1 is 1.09 bits per heavy atom. The monoisotopic (exact) mass is 465 g/mol. The number of Topliss-reactive ketones (excluding diaryl/α,β-unsaturated/α-hetero) is 1. The highest BCUT2D eigenvalue weighted by Gasteiger charge is 2.61. The van der Waals surface area contributed by atoms with Crippen molar-refractivity contribution in [3.05, 3.63) is 78.3 Å². The number of carbonyl (C=O) groups is 2. The van der Waals surface area contributed by atoms with Gasteiger partial charge in [-0.3, -0.25) is 4.79 Å². The van der Waals surface area contributed by atoms with E-state index in [1.807, 2.05) is 24.7 Å². The van der Waals surface area contributed by atoms with Gasteiger partial charge in [0, 0.05) is 34.8 Å². The first-order valence-electron chi connectivity index (χ1n) is 12.3. The Balaban J connectivity index is 1.05. The quantitative estimate of drug-likeness (QED) is 0.380. The van der Waals surface area contributed by atoms with Crippen molar-refractivity contribution >= 4 is 23.2 Å². The number of aromatic nitrogens is 2. The predicted octanol–water partition coefficient (Wildman–Crippen LogP) is 4.54. The molecule has 4 bridgehead atoms. The molecule has 0 saturated heterocycles. The largest absolute Gasteiger partial charge is 0.399 e. The molecule has 1 aliphatic heterocycles. The van der Waals surface area contributed by atoms with Crippen LogP contribution in [0.1, 0.15) is 37.3 Å². The van der Waals surface area contributed by atoms with Crippen molar-refractivity contribution in [2.24, 2.45) is 17.8 Å². The Hall–Kier alpha value is -3.87. The molecule has 7 heteroatoms. The van der Waals surface area contributed by atoms with Crippen LogP contribution in [0, 0.1) is 17.8 Å². The highest BCUT2D eigenvalue weighted by molar-refractivity contribution is 5.90. The molecule has 1 aromatic heterocycles. The summed E-state index contributed by atoms with van der Waals surface area (Å²) in [5.41, 5.74) is 11.7. The molecule has 3 fully saturated rings. The van der Waals surface area contributed by atoms with Gasteiger partial charge in [-0.05, 0) is 60.9 Å². The number of anilines is 2. The zero-order valence-electron chi connectivity index (χ0n) is 19.3. The fraction of sp³-hybridized carbons (Fsp3) is 0.321. The first-order chi connectivity index (χ1) is 17.0. The first-order valence-corrected chi connectivity index (χ1v) is 12.3. The number of fused-ring (bicyclic) bond motifs is 4. The van der Waals surface area contributed by atoms with Crippen molar-refractivity contribution in [2.45, 2.75) is 37.3 Å². The molecule has 6 aliphatic rings. The minimum absolute atomic E-state index is 0.0152. The first kappa shape index (κ1) is 20.5. The number of carbonyl (C=O) groups excluding carboxylic acids is 2. The molecule has 2 heterocycles. The van der Waals surface area contributed by atoms with Crippen LogP contribution in [-0.4, -0.2) is 26.9 Å². The molecule has 4 N–H and O–H groups in total. The summed E-state index contributed by atoms with van der Waals surface area (Å²) >= 11 is 0. The zero-order chi connectivity index (χ0) is 23.7. The number of nitrogens with two attached hydrogens (primary N) is 1. The number of amides is 2. The fourth-order valence-electron chi connectivity index (χ4n) is 7.09. The van der Waals surface area contributed by atoms with Crippen molar-refractivity contribution in [1.29, 1.82) is 0 Å².